The van der Waals surface area contributed by atoms with Gasteiger partial charge in [-0.25, -0.2) is 4.79 Å². The second kappa shape index (κ2) is 6.95. The Hall–Kier alpha value is -1.26. The Kier molecular flexibility index (Phi) is 5.84. The van der Waals surface area contributed by atoms with Crippen molar-refractivity contribution in [2.75, 3.05) is 13.1 Å². The van der Waals surface area contributed by atoms with Crippen LogP contribution >= 0.6 is 0 Å². The molecule has 1 N–H and O–H groups in total. The van der Waals surface area contributed by atoms with Crippen molar-refractivity contribution in [3.05, 3.63) is 0 Å². The molecule has 1 aliphatic rings. The Balaban J connectivity index is 2.28. The average molecular weight is 284 g/mol. The molecule has 1 fully saturated rings. The number of carbonyl (C=O) groups excluding carboxylic acids is 2. The molecule has 1 aliphatic heterocycles. The zero-order valence-electron chi connectivity index (χ0n) is 13.4. The maximum Gasteiger partial charge on any atom is 0.407 e. The van der Waals surface area contributed by atoms with Crippen LogP contribution in [0.4, 0.5) is 4.79 Å². The Morgan fingerprint density at radius 3 is 2.50 bits per heavy atom. The van der Waals surface area contributed by atoms with Crippen molar-refractivity contribution >= 4 is 12.0 Å². The summed E-state index contributed by atoms with van der Waals surface area (Å²) in [6, 6.07) is 0.299. The van der Waals surface area contributed by atoms with E-state index in [2.05, 4.69) is 19.2 Å². The second-order valence-corrected chi connectivity index (χ2v) is 6.74. The number of piperidine rings is 1. The van der Waals surface area contributed by atoms with E-state index in [4.69, 9.17) is 4.74 Å². The van der Waals surface area contributed by atoms with Crippen LogP contribution < -0.4 is 5.32 Å². The molecule has 116 valence electrons. The highest BCUT2D eigenvalue weighted by Crippen LogP contribution is 2.22. The summed E-state index contributed by atoms with van der Waals surface area (Å²) in [6.07, 6.45) is 1.99. The fraction of sp³-hybridized carbons (Fsp3) is 0.867. The van der Waals surface area contributed by atoms with Crippen LogP contribution in [-0.4, -0.2) is 41.6 Å². The highest BCUT2D eigenvalue weighted by Gasteiger charge is 2.26. The fourth-order valence-corrected chi connectivity index (χ4v) is 2.51. The second-order valence-electron chi connectivity index (χ2n) is 6.74. The molecular formula is C15H28N2O3. The van der Waals surface area contributed by atoms with Gasteiger partial charge in [0.05, 0.1) is 0 Å². The van der Waals surface area contributed by atoms with E-state index in [1.165, 1.54) is 0 Å². The standard InChI is InChI=1S/C15H28N2O3/c1-11-7-9-17(12(2)10-11)13(18)6-8-16-14(19)20-15(3,4)5/h11-12H,6-10H2,1-5H3,(H,16,19)/t11-,12+/m1/s1. The maximum absolute atomic E-state index is 12.1. The molecule has 0 aliphatic carbocycles. The van der Waals surface area contributed by atoms with Gasteiger partial charge in [0, 0.05) is 25.6 Å². The first-order valence-electron chi connectivity index (χ1n) is 7.45. The van der Waals surface area contributed by atoms with Gasteiger partial charge in [0.2, 0.25) is 5.91 Å². The van der Waals surface area contributed by atoms with E-state index in [9.17, 15) is 9.59 Å². The van der Waals surface area contributed by atoms with E-state index in [1.807, 2.05) is 25.7 Å². The number of amides is 2. The summed E-state index contributed by atoms with van der Waals surface area (Å²) >= 11 is 0. The number of carbonyl (C=O) groups is 2. The summed E-state index contributed by atoms with van der Waals surface area (Å²) in [7, 11) is 0. The van der Waals surface area contributed by atoms with Crippen LogP contribution in [0.25, 0.3) is 0 Å². The highest BCUT2D eigenvalue weighted by molar-refractivity contribution is 5.77. The first-order valence-corrected chi connectivity index (χ1v) is 7.45. The molecule has 2 atom stereocenters. The van der Waals surface area contributed by atoms with Gasteiger partial charge in [0.1, 0.15) is 5.60 Å². The SMILES string of the molecule is C[C@@H]1CCN(C(=O)CCNC(=O)OC(C)(C)C)[C@@H](C)C1. The van der Waals surface area contributed by atoms with Crippen molar-refractivity contribution < 1.29 is 14.3 Å². The van der Waals surface area contributed by atoms with Gasteiger partial charge in [-0.05, 0) is 46.5 Å². The van der Waals surface area contributed by atoms with Crippen LogP contribution in [0.15, 0.2) is 0 Å². The maximum atomic E-state index is 12.1. The van der Waals surface area contributed by atoms with Crippen LogP contribution in [0.5, 0.6) is 0 Å². The smallest absolute Gasteiger partial charge is 0.407 e. The Morgan fingerprint density at radius 1 is 1.30 bits per heavy atom. The van der Waals surface area contributed by atoms with Crippen LogP contribution in [0.3, 0.4) is 0 Å². The number of alkyl carbamates (subject to hydrolysis) is 1. The number of likely N-dealkylation sites (tertiary alicyclic amines) is 1. The Labute approximate surface area is 122 Å². The molecule has 0 aromatic heterocycles. The third-order valence-corrected chi connectivity index (χ3v) is 3.47. The van der Waals surface area contributed by atoms with Crippen LogP contribution in [-0.2, 0) is 9.53 Å². The lowest BCUT2D eigenvalue weighted by Gasteiger charge is -2.36. The van der Waals surface area contributed by atoms with E-state index < -0.39 is 11.7 Å². The number of rotatable bonds is 3. The molecule has 1 heterocycles. The minimum atomic E-state index is -0.508. The molecule has 2 amide bonds. The van der Waals surface area contributed by atoms with E-state index in [0.29, 0.717) is 24.9 Å². The number of hydrogen-bond acceptors (Lipinski definition) is 3. The van der Waals surface area contributed by atoms with Crippen LogP contribution in [0.1, 0.15) is 53.9 Å². The molecule has 0 unspecified atom stereocenters. The molecule has 5 nitrogen and oxygen atoms in total. The Morgan fingerprint density at radius 2 is 1.95 bits per heavy atom. The van der Waals surface area contributed by atoms with Gasteiger partial charge < -0.3 is 15.0 Å². The molecule has 0 saturated carbocycles. The zero-order valence-corrected chi connectivity index (χ0v) is 13.4. The minimum absolute atomic E-state index is 0.112. The Bertz CT molecular complexity index is 350. The molecule has 0 radical (unpaired) electrons. The third kappa shape index (κ3) is 5.80. The summed E-state index contributed by atoms with van der Waals surface area (Å²) in [5.74, 6) is 0.800. The lowest BCUT2D eigenvalue weighted by atomic mass is 9.93. The first kappa shape index (κ1) is 16.8. The molecule has 20 heavy (non-hydrogen) atoms. The normalized spacial score (nSPS) is 23.4. The number of hydrogen-bond donors (Lipinski definition) is 1. The number of nitrogens with zero attached hydrogens (tertiary/aromatic N) is 1. The van der Waals surface area contributed by atoms with Crippen molar-refractivity contribution in [1.82, 2.24) is 10.2 Å². The van der Waals surface area contributed by atoms with Gasteiger partial charge in [-0.15, -0.1) is 0 Å². The van der Waals surface area contributed by atoms with E-state index in [-0.39, 0.29) is 5.91 Å². The van der Waals surface area contributed by atoms with Crippen molar-refractivity contribution in [3.8, 4) is 0 Å². The monoisotopic (exact) mass is 284 g/mol. The molecular weight excluding hydrogens is 256 g/mol. The van der Waals surface area contributed by atoms with Crippen molar-refractivity contribution in [2.24, 2.45) is 5.92 Å². The molecule has 0 aromatic rings. The zero-order chi connectivity index (χ0) is 15.3. The number of ether oxygens (including phenoxy) is 1. The largest absolute Gasteiger partial charge is 0.444 e. The molecule has 0 aromatic carbocycles. The van der Waals surface area contributed by atoms with Crippen molar-refractivity contribution in [3.63, 3.8) is 0 Å². The van der Waals surface area contributed by atoms with E-state index >= 15 is 0 Å². The molecule has 1 rings (SSSR count). The summed E-state index contributed by atoms with van der Waals surface area (Å²) < 4.78 is 5.13. The van der Waals surface area contributed by atoms with Gasteiger partial charge in [-0.3, -0.25) is 4.79 Å². The van der Waals surface area contributed by atoms with Gasteiger partial charge in [-0.2, -0.15) is 0 Å². The molecule has 0 bridgehead atoms. The van der Waals surface area contributed by atoms with Gasteiger partial charge in [0.15, 0.2) is 0 Å². The van der Waals surface area contributed by atoms with Crippen molar-refractivity contribution in [2.45, 2.75) is 65.5 Å². The lowest BCUT2D eigenvalue weighted by Crippen LogP contribution is -2.45. The fourth-order valence-electron chi connectivity index (χ4n) is 2.51. The molecule has 5 heteroatoms. The van der Waals surface area contributed by atoms with Crippen molar-refractivity contribution in [1.29, 1.82) is 0 Å². The minimum Gasteiger partial charge on any atom is -0.444 e. The van der Waals surface area contributed by atoms with Gasteiger partial charge in [0.25, 0.3) is 0 Å². The first-order chi connectivity index (χ1) is 9.19. The van der Waals surface area contributed by atoms with Gasteiger partial charge in [-0.1, -0.05) is 6.92 Å². The highest BCUT2D eigenvalue weighted by atomic mass is 16.6. The predicted molar refractivity (Wildman–Crippen MR) is 78.4 cm³/mol. The van der Waals surface area contributed by atoms with Crippen LogP contribution in [0.2, 0.25) is 0 Å². The summed E-state index contributed by atoms with van der Waals surface area (Å²) in [5, 5.41) is 2.62. The predicted octanol–water partition coefficient (Wildman–Crippen LogP) is 2.55. The topological polar surface area (TPSA) is 58.6 Å². The molecule has 0 spiro atoms. The van der Waals surface area contributed by atoms with Gasteiger partial charge >= 0.3 is 6.09 Å². The number of nitrogens with one attached hydrogen (secondary N) is 1. The summed E-state index contributed by atoms with van der Waals surface area (Å²) in [6.45, 7) is 10.9. The quantitative estimate of drug-likeness (QED) is 0.866. The van der Waals surface area contributed by atoms with Crippen LogP contribution in [0, 0.1) is 5.92 Å². The molecule has 1 saturated heterocycles. The summed E-state index contributed by atoms with van der Waals surface area (Å²) in [5.41, 5.74) is -0.508. The average Bonchev–Trinajstić information content (AvgIpc) is 2.25. The lowest BCUT2D eigenvalue weighted by molar-refractivity contribution is -0.134. The summed E-state index contributed by atoms with van der Waals surface area (Å²) in [4.78, 5) is 25.5. The van der Waals surface area contributed by atoms with E-state index in [0.717, 1.165) is 19.4 Å². The van der Waals surface area contributed by atoms with E-state index in [1.54, 1.807) is 0 Å². The third-order valence-electron chi connectivity index (χ3n) is 3.47.